The van der Waals surface area contributed by atoms with Gasteiger partial charge >= 0.3 is 0 Å². The fourth-order valence-electron chi connectivity index (χ4n) is 1.19. The Morgan fingerprint density at radius 3 is 2.71 bits per heavy atom. The third kappa shape index (κ3) is 3.52. The van der Waals surface area contributed by atoms with Crippen molar-refractivity contribution in [3.63, 3.8) is 0 Å². The Balaban J connectivity index is 2.77. The van der Waals surface area contributed by atoms with Gasteiger partial charge in [-0.05, 0) is 12.1 Å². The van der Waals surface area contributed by atoms with E-state index in [1.165, 1.54) is 11.8 Å². The molecule has 5 N–H and O–H groups in total. The van der Waals surface area contributed by atoms with E-state index in [-0.39, 0.29) is 5.91 Å². The number of carbonyl (C=O) groups excluding carboxylic acids is 1. The number of carbonyl (C=O) groups is 1. The maximum atomic E-state index is 11.5. The number of hydrogen-bond acceptors (Lipinski definition) is 4. The fourth-order valence-corrected chi connectivity index (χ4v) is 2.61. The van der Waals surface area contributed by atoms with Crippen LogP contribution in [0.2, 0.25) is 5.02 Å². The largest absolute Gasteiger partial charge is 0.398 e. The first-order valence-corrected chi connectivity index (χ1v) is 6.42. The predicted octanol–water partition coefficient (Wildman–Crippen LogP) is 2.03. The van der Waals surface area contributed by atoms with Crippen LogP contribution in [0, 0.1) is 5.41 Å². The van der Waals surface area contributed by atoms with Crippen LogP contribution in [0.25, 0.3) is 0 Å². The second-order valence-electron chi connectivity index (χ2n) is 4.30. The van der Waals surface area contributed by atoms with Gasteiger partial charge in [-0.25, -0.2) is 5.84 Å². The number of rotatable bonds is 4. The Morgan fingerprint density at radius 1 is 1.53 bits per heavy atom. The predicted molar refractivity (Wildman–Crippen MR) is 72.7 cm³/mol. The molecule has 0 aliphatic heterocycles. The molecular formula is C11H16ClN3OS. The Bertz CT molecular complexity index is 403. The van der Waals surface area contributed by atoms with Crippen LogP contribution in [-0.4, -0.2) is 11.7 Å². The van der Waals surface area contributed by atoms with Crippen LogP contribution in [0.15, 0.2) is 23.1 Å². The first-order valence-electron chi connectivity index (χ1n) is 5.06. The van der Waals surface area contributed by atoms with Crippen LogP contribution in [0.3, 0.4) is 0 Å². The molecule has 0 unspecified atom stereocenters. The summed E-state index contributed by atoms with van der Waals surface area (Å²) in [6.07, 6.45) is 0. The van der Waals surface area contributed by atoms with Crippen molar-refractivity contribution >= 4 is 35.0 Å². The zero-order valence-electron chi connectivity index (χ0n) is 9.79. The van der Waals surface area contributed by atoms with E-state index in [9.17, 15) is 4.79 Å². The van der Waals surface area contributed by atoms with E-state index in [2.05, 4.69) is 5.43 Å². The highest BCUT2D eigenvalue weighted by atomic mass is 35.5. The van der Waals surface area contributed by atoms with E-state index >= 15 is 0 Å². The third-order valence-electron chi connectivity index (χ3n) is 2.32. The second kappa shape index (κ2) is 5.62. The third-order valence-corrected chi connectivity index (χ3v) is 4.36. The molecule has 0 saturated heterocycles. The van der Waals surface area contributed by atoms with Crippen LogP contribution in [0.1, 0.15) is 13.8 Å². The Hall–Kier alpha value is -0.910. The molecule has 17 heavy (non-hydrogen) atoms. The topological polar surface area (TPSA) is 81.1 Å². The van der Waals surface area contributed by atoms with Gasteiger partial charge in [0, 0.05) is 16.3 Å². The minimum Gasteiger partial charge on any atom is -0.398 e. The highest BCUT2D eigenvalue weighted by Crippen LogP contribution is 2.36. The van der Waals surface area contributed by atoms with Gasteiger partial charge in [0.15, 0.2) is 0 Å². The van der Waals surface area contributed by atoms with Crippen molar-refractivity contribution in [3.05, 3.63) is 23.2 Å². The molecule has 4 nitrogen and oxygen atoms in total. The van der Waals surface area contributed by atoms with Gasteiger partial charge in [0.1, 0.15) is 0 Å². The van der Waals surface area contributed by atoms with Gasteiger partial charge in [0.2, 0.25) is 5.91 Å². The SMILES string of the molecule is CC(C)(CSc1c(N)cccc1Cl)C(=O)NN. The van der Waals surface area contributed by atoms with Crippen molar-refractivity contribution in [2.24, 2.45) is 11.3 Å². The Morgan fingerprint density at radius 2 is 2.18 bits per heavy atom. The summed E-state index contributed by atoms with van der Waals surface area (Å²) < 4.78 is 0. The molecule has 0 aliphatic carbocycles. The maximum Gasteiger partial charge on any atom is 0.240 e. The molecule has 0 fully saturated rings. The molecule has 1 aromatic carbocycles. The van der Waals surface area contributed by atoms with E-state index in [0.717, 1.165) is 4.90 Å². The average Bonchev–Trinajstić information content (AvgIpc) is 2.27. The van der Waals surface area contributed by atoms with Gasteiger partial charge in [-0.2, -0.15) is 0 Å². The van der Waals surface area contributed by atoms with Crippen LogP contribution in [0.5, 0.6) is 0 Å². The number of anilines is 1. The van der Waals surface area contributed by atoms with Crippen LogP contribution >= 0.6 is 23.4 Å². The summed E-state index contributed by atoms with van der Waals surface area (Å²) in [6.45, 7) is 3.63. The van der Waals surface area contributed by atoms with Crippen molar-refractivity contribution in [3.8, 4) is 0 Å². The molecule has 0 bridgehead atoms. The lowest BCUT2D eigenvalue weighted by molar-refractivity contribution is -0.128. The van der Waals surface area contributed by atoms with E-state index in [0.29, 0.717) is 16.5 Å². The molecule has 0 aromatic heterocycles. The molecule has 0 spiro atoms. The van der Waals surface area contributed by atoms with E-state index < -0.39 is 5.41 Å². The van der Waals surface area contributed by atoms with Crippen molar-refractivity contribution < 1.29 is 4.79 Å². The number of hydrazine groups is 1. The molecule has 0 radical (unpaired) electrons. The second-order valence-corrected chi connectivity index (χ2v) is 5.70. The molecule has 1 aromatic rings. The lowest BCUT2D eigenvalue weighted by Gasteiger charge is -2.22. The molecular weight excluding hydrogens is 258 g/mol. The minimum atomic E-state index is -0.578. The first kappa shape index (κ1) is 14.2. The molecule has 1 rings (SSSR count). The minimum absolute atomic E-state index is 0.212. The number of amides is 1. The van der Waals surface area contributed by atoms with Gasteiger partial charge in [0.25, 0.3) is 0 Å². The fraction of sp³-hybridized carbons (Fsp3) is 0.364. The molecule has 0 heterocycles. The summed E-state index contributed by atoms with van der Waals surface area (Å²) in [5.41, 5.74) is 8.02. The molecule has 94 valence electrons. The van der Waals surface area contributed by atoms with Gasteiger partial charge in [-0.15, -0.1) is 11.8 Å². The number of halogens is 1. The quantitative estimate of drug-likeness (QED) is 0.258. The summed E-state index contributed by atoms with van der Waals surface area (Å²) in [5.74, 6) is 5.46. The molecule has 0 atom stereocenters. The first-order chi connectivity index (χ1) is 7.88. The summed E-state index contributed by atoms with van der Waals surface area (Å²) >= 11 is 7.50. The lowest BCUT2D eigenvalue weighted by atomic mass is 9.96. The van der Waals surface area contributed by atoms with Gasteiger partial charge in [0.05, 0.1) is 10.4 Å². The Kier molecular flexibility index (Phi) is 4.68. The number of nitrogen functional groups attached to an aromatic ring is 1. The highest BCUT2D eigenvalue weighted by Gasteiger charge is 2.27. The number of nitrogens with two attached hydrogens (primary N) is 2. The summed E-state index contributed by atoms with van der Waals surface area (Å²) in [7, 11) is 0. The zero-order valence-corrected chi connectivity index (χ0v) is 11.4. The van der Waals surface area contributed by atoms with Crippen molar-refractivity contribution in [1.82, 2.24) is 5.43 Å². The Labute approximate surface area is 110 Å². The van der Waals surface area contributed by atoms with Crippen molar-refractivity contribution in [2.75, 3.05) is 11.5 Å². The number of thioether (sulfide) groups is 1. The highest BCUT2D eigenvalue weighted by molar-refractivity contribution is 7.99. The molecule has 6 heteroatoms. The molecule has 1 amide bonds. The normalized spacial score (nSPS) is 11.3. The average molecular weight is 274 g/mol. The van der Waals surface area contributed by atoms with E-state index in [1.807, 2.05) is 13.8 Å². The van der Waals surface area contributed by atoms with Crippen molar-refractivity contribution in [2.45, 2.75) is 18.7 Å². The van der Waals surface area contributed by atoms with Crippen LogP contribution in [-0.2, 0) is 4.79 Å². The van der Waals surface area contributed by atoms with Gasteiger partial charge in [-0.1, -0.05) is 31.5 Å². The summed E-state index contributed by atoms with van der Waals surface area (Å²) in [6, 6.07) is 5.35. The number of nitrogens with one attached hydrogen (secondary N) is 1. The van der Waals surface area contributed by atoms with Gasteiger partial charge in [-0.3, -0.25) is 10.2 Å². The summed E-state index contributed by atoms with van der Waals surface area (Å²) in [5, 5.41) is 0.596. The lowest BCUT2D eigenvalue weighted by Crippen LogP contribution is -2.42. The van der Waals surface area contributed by atoms with E-state index in [1.54, 1.807) is 18.2 Å². The van der Waals surface area contributed by atoms with Gasteiger partial charge < -0.3 is 5.73 Å². The number of benzene rings is 1. The van der Waals surface area contributed by atoms with Crippen LogP contribution in [0.4, 0.5) is 5.69 Å². The standard InChI is InChI=1S/C11H16ClN3OS/c1-11(2,10(16)15-14)6-17-9-7(12)4-3-5-8(9)13/h3-5H,6,13-14H2,1-2H3,(H,15,16). The van der Waals surface area contributed by atoms with Crippen molar-refractivity contribution in [1.29, 1.82) is 0 Å². The molecule has 0 saturated carbocycles. The van der Waals surface area contributed by atoms with E-state index in [4.69, 9.17) is 23.2 Å². The van der Waals surface area contributed by atoms with Crippen LogP contribution < -0.4 is 17.0 Å². The molecule has 0 aliphatic rings. The number of hydrogen-bond donors (Lipinski definition) is 3. The maximum absolute atomic E-state index is 11.5. The smallest absolute Gasteiger partial charge is 0.240 e. The summed E-state index contributed by atoms with van der Waals surface area (Å²) in [4.78, 5) is 12.3. The monoisotopic (exact) mass is 273 g/mol. The zero-order chi connectivity index (χ0) is 13.1.